The van der Waals surface area contributed by atoms with Crippen molar-refractivity contribution in [3.63, 3.8) is 0 Å². The lowest BCUT2D eigenvalue weighted by atomic mass is 10.3. The molecule has 0 radical (unpaired) electrons. The molecule has 1 aromatic rings. The van der Waals surface area contributed by atoms with Crippen LogP contribution in [0.4, 0.5) is 0 Å². The first kappa shape index (κ1) is 13.0. The van der Waals surface area contributed by atoms with E-state index in [4.69, 9.17) is 0 Å². The van der Waals surface area contributed by atoms with Crippen LogP contribution in [0.2, 0.25) is 0 Å². The zero-order valence-electron chi connectivity index (χ0n) is 10.7. The van der Waals surface area contributed by atoms with Gasteiger partial charge in [0, 0.05) is 50.7 Å². The van der Waals surface area contributed by atoms with Crippen molar-refractivity contribution in [1.29, 1.82) is 0 Å². The molecule has 17 heavy (non-hydrogen) atoms. The van der Waals surface area contributed by atoms with E-state index >= 15 is 0 Å². The van der Waals surface area contributed by atoms with E-state index in [1.165, 1.54) is 31.1 Å². The first-order valence-corrected chi connectivity index (χ1v) is 7.44. The number of likely N-dealkylation sites (N-methyl/N-ethyl adjacent to an activating group) is 1. The van der Waals surface area contributed by atoms with E-state index in [1.54, 1.807) is 0 Å². The standard InChI is InChI=1S/C13H23N3S/c1-2-15(12-13-4-3-11-17-13)9-10-16-7-5-14-6-8-16/h3-4,11,14H,2,5-10,12H2,1H3. The zero-order valence-corrected chi connectivity index (χ0v) is 11.5. The van der Waals surface area contributed by atoms with Crippen LogP contribution >= 0.6 is 11.3 Å². The van der Waals surface area contributed by atoms with E-state index in [-0.39, 0.29) is 0 Å². The SMILES string of the molecule is CCN(CCN1CCNCC1)Cc1cccs1. The highest BCUT2D eigenvalue weighted by molar-refractivity contribution is 7.09. The van der Waals surface area contributed by atoms with Crippen molar-refractivity contribution in [1.82, 2.24) is 15.1 Å². The third-order valence-corrected chi connectivity index (χ3v) is 4.21. The minimum atomic E-state index is 1.11. The summed E-state index contributed by atoms with van der Waals surface area (Å²) >= 11 is 1.86. The Hall–Kier alpha value is -0.420. The zero-order chi connectivity index (χ0) is 11.9. The average Bonchev–Trinajstić information content (AvgIpc) is 2.88. The molecule has 4 heteroatoms. The van der Waals surface area contributed by atoms with Gasteiger partial charge < -0.3 is 5.32 Å². The predicted octanol–water partition coefficient (Wildman–Crippen LogP) is 1.48. The Labute approximate surface area is 108 Å². The highest BCUT2D eigenvalue weighted by atomic mass is 32.1. The van der Waals surface area contributed by atoms with Gasteiger partial charge in [0.05, 0.1) is 0 Å². The summed E-state index contributed by atoms with van der Waals surface area (Å²) in [6.45, 7) is 11.6. The fourth-order valence-corrected chi connectivity index (χ4v) is 2.94. The Bertz CT molecular complexity index is 294. The molecule has 1 fully saturated rings. The number of nitrogens with zero attached hydrogens (tertiary/aromatic N) is 2. The lowest BCUT2D eigenvalue weighted by molar-refractivity contribution is 0.189. The number of rotatable bonds is 6. The van der Waals surface area contributed by atoms with Crippen molar-refractivity contribution >= 4 is 11.3 Å². The number of thiophene rings is 1. The molecule has 2 heterocycles. The van der Waals surface area contributed by atoms with Crippen LogP contribution < -0.4 is 5.32 Å². The lowest BCUT2D eigenvalue weighted by Gasteiger charge is -2.29. The average molecular weight is 253 g/mol. The van der Waals surface area contributed by atoms with Gasteiger partial charge in [0.1, 0.15) is 0 Å². The highest BCUT2D eigenvalue weighted by Gasteiger charge is 2.11. The Morgan fingerprint density at radius 3 is 2.88 bits per heavy atom. The van der Waals surface area contributed by atoms with Crippen molar-refractivity contribution in [2.45, 2.75) is 13.5 Å². The predicted molar refractivity (Wildman–Crippen MR) is 74.6 cm³/mol. The monoisotopic (exact) mass is 253 g/mol. The van der Waals surface area contributed by atoms with Crippen LogP contribution in [0.15, 0.2) is 17.5 Å². The number of hydrogen-bond donors (Lipinski definition) is 1. The fraction of sp³-hybridized carbons (Fsp3) is 0.692. The van der Waals surface area contributed by atoms with Crippen molar-refractivity contribution in [2.75, 3.05) is 45.8 Å². The van der Waals surface area contributed by atoms with E-state index in [1.807, 2.05) is 11.3 Å². The van der Waals surface area contributed by atoms with Crippen LogP contribution in [-0.4, -0.2) is 55.6 Å². The molecule has 3 nitrogen and oxygen atoms in total. The molecule has 1 aromatic heterocycles. The molecule has 0 bridgehead atoms. The first-order chi connectivity index (χ1) is 8.38. The topological polar surface area (TPSA) is 18.5 Å². The Morgan fingerprint density at radius 1 is 1.41 bits per heavy atom. The molecular formula is C13H23N3S. The maximum atomic E-state index is 3.40. The summed E-state index contributed by atoms with van der Waals surface area (Å²) in [6, 6.07) is 4.38. The first-order valence-electron chi connectivity index (χ1n) is 6.56. The molecule has 1 N–H and O–H groups in total. The summed E-state index contributed by atoms with van der Waals surface area (Å²) in [6.07, 6.45) is 0. The van der Waals surface area contributed by atoms with Crippen LogP contribution in [0.3, 0.4) is 0 Å². The minimum absolute atomic E-state index is 1.11. The second-order valence-corrected chi connectivity index (χ2v) is 5.57. The molecule has 1 aliphatic heterocycles. The van der Waals surface area contributed by atoms with Crippen LogP contribution in [0.25, 0.3) is 0 Å². The molecule has 0 aliphatic carbocycles. The van der Waals surface area contributed by atoms with Gasteiger partial charge in [-0.3, -0.25) is 9.80 Å². The molecule has 0 amide bonds. The molecule has 0 spiro atoms. The molecule has 2 rings (SSSR count). The Balaban J connectivity index is 1.71. The second-order valence-electron chi connectivity index (χ2n) is 4.54. The molecule has 0 saturated carbocycles. The van der Waals surface area contributed by atoms with E-state index < -0.39 is 0 Å². The third kappa shape index (κ3) is 4.39. The minimum Gasteiger partial charge on any atom is -0.314 e. The largest absolute Gasteiger partial charge is 0.314 e. The van der Waals surface area contributed by atoms with E-state index in [2.05, 4.69) is 39.6 Å². The van der Waals surface area contributed by atoms with Gasteiger partial charge in [0.15, 0.2) is 0 Å². The van der Waals surface area contributed by atoms with Crippen LogP contribution in [0.5, 0.6) is 0 Å². The number of hydrogen-bond acceptors (Lipinski definition) is 4. The van der Waals surface area contributed by atoms with Gasteiger partial charge in [-0.2, -0.15) is 0 Å². The maximum absolute atomic E-state index is 3.40. The van der Waals surface area contributed by atoms with Gasteiger partial charge in [0.2, 0.25) is 0 Å². The van der Waals surface area contributed by atoms with Gasteiger partial charge in [-0.05, 0) is 18.0 Å². The smallest absolute Gasteiger partial charge is 0.0328 e. The normalized spacial score (nSPS) is 17.8. The van der Waals surface area contributed by atoms with Gasteiger partial charge >= 0.3 is 0 Å². The molecule has 1 aliphatic rings. The molecule has 96 valence electrons. The maximum Gasteiger partial charge on any atom is 0.0328 e. The van der Waals surface area contributed by atoms with Crippen molar-refractivity contribution < 1.29 is 0 Å². The third-order valence-electron chi connectivity index (χ3n) is 3.35. The molecule has 0 unspecified atom stereocenters. The quantitative estimate of drug-likeness (QED) is 0.828. The Morgan fingerprint density at radius 2 is 2.24 bits per heavy atom. The summed E-state index contributed by atoms with van der Waals surface area (Å²) in [4.78, 5) is 6.58. The van der Waals surface area contributed by atoms with Crippen LogP contribution in [0, 0.1) is 0 Å². The summed E-state index contributed by atoms with van der Waals surface area (Å²) in [7, 11) is 0. The summed E-state index contributed by atoms with van der Waals surface area (Å²) in [5, 5.41) is 5.57. The van der Waals surface area contributed by atoms with Gasteiger partial charge in [-0.15, -0.1) is 11.3 Å². The second kappa shape index (κ2) is 7.11. The fourth-order valence-electron chi connectivity index (χ4n) is 2.19. The van der Waals surface area contributed by atoms with E-state index in [9.17, 15) is 0 Å². The molecular weight excluding hydrogens is 230 g/mol. The molecule has 0 atom stereocenters. The number of piperazine rings is 1. The molecule has 0 aromatic carbocycles. The van der Waals surface area contributed by atoms with Gasteiger partial charge in [-0.1, -0.05) is 13.0 Å². The van der Waals surface area contributed by atoms with Crippen LogP contribution in [-0.2, 0) is 6.54 Å². The highest BCUT2D eigenvalue weighted by Crippen LogP contribution is 2.11. The van der Waals surface area contributed by atoms with Crippen molar-refractivity contribution in [3.05, 3.63) is 22.4 Å². The van der Waals surface area contributed by atoms with Crippen LogP contribution in [0.1, 0.15) is 11.8 Å². The summed E-state index contributed by atoms with van der Waals surface area (Å²) < 4.78 is 0. The van der Waals surface area contributed by atoms with E-state index in [0.29, 0.717) is 0 Å². The van der Waals surface area contributed by atoms with E-state index in [0.717, 1.165) is 26.2 Å². The summed E-state index contributed by atoms with van der Waals surface area (Å²) in [5.74, 6) is 0. The van der Waals surface area contributed by atoms with Gasteiger partial charge in [0.25, 0.3) is 0 Å². The molecule has 1 saturated heterocycles. The Kier molecular flexibility index (Phi) is 5.45. The van der Waals surface area contributed by atoms with Crippen molar-refractivity contribution in [3.8, 4) is 0 Å². The lowest BCUT2D eigenvalue weighted by Crippen LogP contribution is -2.46. The summed E-state index contributed by atoms with van der Waals surface area (Å²) in [5.41, 5.74) is 0. The van der Waals surface area contributed by atoms with Gasteiger partial charge in [-0.25, -0.2) is 0 Å². The number of nitrogens with one attached hydrogen (secondary N) is 1. The van der Waals surface area contributed by atoms with Crippen molar-refractivity contribution in [2.24, 2.45) is 0 Å².